The molecule has 0 fully saturated rings. The highest BCUT2D eigenvalue weighted by Crippen LogP contribution is 2.16. The zero-order chi connectivity index (χ0) is 12.8. The fourth-order valence-corrected chi connectivity index (χ4v) is 1.51. The van der Waals surface area contributed by atoms with Crippen molar-refractivity contribution in [2.45, 2.75) is 6.92 Å². The van der Waals surface area contributed by atoms with Gasteiger partial charge in [0.25, 0.3) is 0 Å². The number of nitrogens with one attached hydrogen (secondary N) is 2. The molecule has 0 aliphatic heterocycles. The second kappa shape index (κ2) is 5.92. The van der Waals surface area contributed by atoms with Crippen molar-refractivity contribution in [1.29, 1.82) is 0 Å². The molecule has 0 unspecified atom stereocenters. The molecule has 2 heterocycles. The molecule has 0 atom stereocenters. The van der Waals surface area contributed by atoms with Crippen molar-refractivity contribution in [1.82, 2.24) is 15.0 Å². The molecule has 2 aromatic heterocycles. The summed E-state index contributed by atoms with van der Waals surface area (Å²) in [5.41, 5.74) is 6.39. The summed E-state index contributed by atoms with van der Waals surface area (Å²) in [6.45, 7) is 3.10. The molecule has 0 saturated heterocycles. The quantitative estimate of drug-likeness (QED) is 0.734. The van der Waals surface area contributed by atoms with Crippen LogP contribution in [0.25, 0.3) is 0 Å². The van der Waals surface area contributed by atoms with Gasteiger partial charge in [0.2, 0.25) is 0 Å². The van der Waals surface area contributed by atoms with Crippen LogP contribution in [0.3, 0.4) is 0 Å². The third-order valence-corrected chi connectivity index (χ3v) is 2.24. The van der Waals surface area contributed by atoms with E-state index in [4.69, 9.17) is 5.73 Å². The second-order valence-electron chi connectivity index (χ2n) is 3.76. The van der Waals surface area contributed by atoms with E-state index in [9.17, 15) is 0 Å². The smallest absolute Gasteiger partial charge is 0.136 e. The van der Waals surface area contributed by atoms with Crippen LogP contribution in [0.15, 0.2) is 30.6 Å². The maximum atomic E-state index is 5.45. The number of hydrogen-bond donors (Lipinski definition) is 3. The van der Waals surface area contributed by atoms with Gasteiger partial charge in [0.05, 0.1) is 0 Å². The minimum absolute atomic E-state index is 0.566. The van der Waals surface area contributed by atoms with Gasteiger partial charge in [0.1, 0.15) is 17.5 Å². The van der Waals surface area contributed by atoms with Gasteiger partial charge >= 0.3 is 0 Å². The van der Waals surface area contributed by atoms with Crippen LogP contribution in [0.4, 0.5) is 17.3 Å². The molecule has 0 aromatic carbocycles. The Labute approximate surface area is 106 Å². The minimum Gasteiger partial charge on any atom is -0.369 e. The molecule has 4 N–H and O–H groups in total. The Morgan fingerprint density at radius 3 is 2.61 bits per heavy atom. The molecule has 0 saturated carbocycles. The third kappa shape index (κ3) is 3.39. The Morgan fingerprint density at radius 1 is 1.17 bits per heavy atom. The average Bonchev–Trinajstić information content (AvgIpc) is 2.37. The largest absolute Gasteiger partial charge is 0.369 e. The van der Waals surface area contributed by atoms with E-state index in [0.29, 0.717) is 18.9 Å². The van der Waals surface area contributed by atoms with Gasteiger partial charge < -0.3 is 16.4 Å². The highest BCUT2D eigenvalue weighted by Gasteiger charge is 2.01. The lowest BCUT2D eigenvalue weighted by Crippen LogP contribution is -2.14. The van der Waals surface area contributed by atoms with Crippen LogP contribution >= 0.6 is 0 Å². The Kier molecular flexibility index (Phi) is 4.03. The number of aryl methyl sites for hydroxylation is 1. The van der Waals surface area contributed by atoms with Crippen molar-refractivity contribution < 1.29 is 0 Å². The maximum absolute atomic E-state index is 5.45. The van der Waals surface area contributed by atoms with Crippen LogP contribution < -0.4 is 16.4 Å². The molecule has 0 bridgehead atoms. The lowest BCUT2D eigenvalue weighted by atomic mass is 10.4. The predicted octanol–water partition coefficient (Wildman–Crippen LogP) is 1.29. The number of hydrogen-bond acceptors (Lipinski definition) is 6. The Balaban J connectivity index is 2.15. The number of rotatable bonds is 5. The summed E-state index contributed by atoms with van der Waals surface area (Å²) in [6, 6.07) is 5.61. The van der Waals surface area contributed by atoms with Crippen LogP contribution in [0.1, 0.15) is 5.82 Å². The molecule has 2 rings (SSSR count). The molecule has 0 spiro atoms. The normalized spacial score (nSPS) is 10.1. The zero-order valence-electron chi connectivity index (χ0n) is 10.2. The van der Waals surface area contributed by atoms with Gasteiger partial charge in [-0.1, -0.05) is 0 Å². The lowest BCUT2D eigenvalue weighted by Gasteiger charge is -2.09. The highest BCUT2D eigenvalue weighted by atomic mass is 15.1. The molecule has 0 aliphatic rings. The van der Waals surface area contributed by atoms with Gasteiger partial charge in [-0.05, 0) is 19.1 Å². The fraction of sp³-hybridized carbons (Fsp3) is 0.250. The van der Waals surface area contributed by atoms with Gasteiger partial charge in [-0.25, -0.2) is 9.97 Å². The second-order valence-corrected chi connectivity index (χ2v) is 3.76. The van der Waals surface area contributed by atoms with Crippen molar-refractivity contribution in [2.75, 3.05) is 23.7 Å². The SMILES string of the molecule is Cc1nc(NCCN)cc(Nc2ccncc2)n1. The van der Waals surface area contributed by atoms with Crippen LogP contribution in [0.5, 0.6) is 0 Å². The van der Waals surface area contributed by atoms with Crippen LogP contribution in [0, 0.1) is 6.92 Å². The summed E-state index contributed by atoms with van der Waals surface area (Å²) in [5, 5.41) is 6.33. The summed E-state index contributed by atoms with van der Waals surface area (Å²) < 4.78 is 0. The number of nitrogens with zero attached hydrogens (tertiary/aromatic N) is 3. The van der Waals surface area contributed by atoms with E-state index >= 15 is 0 Å². The standard InChI is InChI=1S/C12H16N6/c1-9-16-11(15-7-4-13)8-12(17-9)18-10-2-5-14-6-3-10/h2-3,5-6,8H,4,7,13H2,1H3,(H2,14,15,16,17,18). The Hall–Kier alpha value is -2.21. The van der Waals surface area contributed by atoms with E-state index in [1.54, 1.807) is 12.4 Å². The molecule has 0 radical (unpaired) electrons. The van der Waals surface area contributed by atoms with Crippen molar-refractivity contribution >= 4 is 17.3 Å². The fourth-order valence-electron chi connectivity index (χ4n) is 1.51. The maximum Gasteiger partial charge on any atom is 0.136 e. The predicted molar refractivity (Wildman–Crippen MR) is 71.8 cm³/mol. The summed E-state index contributed by atoms with van der Waals surface area (Å²) >= 11 is 0. The monoisotopic (exact) mass is 244 g/mol. The van der Waals surface area contributed by atoms with Crippen LogP contribution in [-0.2, 0) is 0 Å². The highest BCUT2D eigenvalue weighted by molar-refractivity contribution is 5.58. The number of pyridine rings is 1. The van der Waals surface area contributed by atoms with Gasteiger partial charge in [-0.3, -0.25) is 4.98 Å². The Bertz CT molecular complexity index is 499. The number of aromatic nitrogens is 3. The van der Waals surface area contributed by atoms with Gasteiger partial charge in [0.15, 0.2) is 0 Å². The molecule has 6 heteroatoms. The summed E-state index contributed by atoms with van der Waals surface area (Å²) in [4.78, 5) is 12.6. The summed E-state index contributed by atoms with van der Waals surface area (Å²) in [7, 11) is 0. The van der Waals surface area contributed by atoms with Crippen molar-refractivity contribution in [3.05, 3.63) is 36.4 Å². The van der Waals surface area contributed by atoms with Crippen LogP contribution in [-0.4, -0.2) is 28.0 Å². The third-order valence-electron chi connectivity index (χ3n) is 2.24. The first-order valence-corrected chi connectivity index (χ1v) is 5.74. The average molecular weight is 244 g/mol. The van der Waals surface area contributed by atoms with Gasteiger partial charge in [0, 0.05) is 37.2 Å². The van der Waals surface area contributed by atoms with Gasteiger partial charge in [-0.15, -0.1) is 0 Å². The van der Waals surface area contributed by atoms with E-state index in [-0.39, 0.29) is 0 Å². The van der Waals surface area contributed by atoms with E-state index in [0.717, 1.165) is 17.3 Å². The number of nitrogens with two attached hydrogens (primary N) is 1. The molecular formula is C12H16N6. The minimum atomic E-state index is 0.566. The van der Waals surface area contributed by atoms with Crippen molar-refractivity contribution in [2.24, 2.45) is 5.73 Å². The zero-order valence-corrected chi connectivity index (χ0v) is 10.2. The molecule has 94 valence electrons. The molecular weight excluding hydrogens is 228 g/mol. The summed E-state index contributed by atoms with van der Waals surface area (Å²) in [6.07, 6.45) is 3.45. The van der Waals surface area contributed by atoms with E-state index in [1.165, 1.54) is 0 Å². The molecule has 0 aliphatic carbocycles. The van der Waals surface area contributed by atoms with E-state index < -0.39 is 0 Å². The molecule has 0 amide bonds. The molecule has 6 nitrogen and oxygen atoms in total. The van der Waals surface area contributed by atoms with E-state index in [1.807, 2.05) is 25.1 Å². The van der Waals surface area contributed by atoms with E-state index in [2.05, 4.69) is 25.6 Å². The number of anilines is 3. The summed E-state index contributed by atoms with van der Waals surface area (Å²) in [5.74, 6) is 2.21. The van der Waals surface area contributed by atoms with Crippen LogP contribution in [0.2, 0.25) is 0 Å². The Morgan fingerprint density at radius 2 is 1.89 bits per heavy atom. The first kappa shape index (κ1) is 12.3. The van der Waals surface area contributed by atoms with Crippen molar-refractivity contribution in [3.8, 4) is 0 Å². The van der Waals surface area contributed by atoms with Crippen molar-refractivity contribution in [3.63, 3.8) is 0 Å². The molecule has 18 heavy (non-hydrogen) atoms. The first-order chi connectivity index (χ1) is 8.78. The first-order valence-electron chi connectivity index (χ1n) is 5.74. The lowest BCUT2D eigenvalue weighted by molar-refractivity contribution is 0.987. The topological polar surface area (TPSA) is 88.8 Å². The van der Waals surface area contributed by atoms with Gasteiger partial charge in [-0.2, -0.15) is 0 Å². The molecule has 2 aromatic rings.